The molecule has 5 rings (SSSR count). The summed E-state index contributed by atoms with van der Waals surface area (Å²) in [5.41, 5.74) is 4.56. The smallest absolute Gasteiger partial charge is 0.343 e. The van der Waals surface area contributed by atoms with Crippen LogP contribution in [0.3, 0.4) is 0 Å². The Morgan fingerprint density at radius 2 is 1.29 bits per heavy atom. The Morgan fingerprint density at radius 3 is 1.86 bits per heavy atom. The van der Waals surface area contributed by atoms with Crippen LogP contribution in [-0.4, -0.2) is 126 Å². The maximum Gasteiger partial charge on any atom is 0.343 e. The third kappa shape index (κ3) is 14.4. The van der Waals surface area contributed by atoms with Crippen molar-refractivity contribution in [3.05, 3.63) is 76.0 Å². The van der Waals surface area contributed by atoms with E-state index in [4.69, 9.17) is 42.6 Å². The number of likely N-dealkylation sites (tertiary alicyclic amines) is 1. The summed E-state index contributed by atoms with van der Waals surface area (Å²) in [6.45, 7) is 19.2. The number of hydrogen-bond acceptors (Lipinski definition) is 12. The SMILES string of the molecule is Cc1cc(C)c(C2=C(OCc3ccccc3)C3(CCC(OC4CCN(CCOCCOCCOCCOCCOCC(=O)OC(C)(C)C)CC4)CC3)OC2=O)c(C)c1. The quantitative estimate of drug-likeness (QED) is 0.0880. The molecule has 0 N–H and O–H groups in total. The molecule has 1 saturated heterocycles. The van der Waals surface area contributed by atoms with Gasteiger partial charge in [-0.15, -0.1) is 0 Å². The van der Waals surface area contributed by atoms with Crippen LogP contribution in [0.4, 0.5) is 0 Å². The summed E-state index contributed by atoms with van der Waals surface area (Å²) in [4.78, 5) is 27.8. The van der Waals surface area contributed by atoms with E-state index >= 15 is 0 Å². The molecule has 1 saturated carbocycles. The fourth-order valence-electron chi connectivity index (χ4n) is 7.98. The molecule has 322 valence electrons. The molecule has 0 atom stereocenters. The van der Waals surface area contributed by atoms with Crippen LogP contribution in [0.2, 0.25) is 0 Å². The topological polar surface area (TPSA) is 120 Å². The largest absolute Gasteiger partial charge is 0.488 e. The highest BCUT2D eigenvalue weighted by Gasteiger charge is 2.52. The number of hydrogen-bond donors (Lipinski definition) is 0. The predicted octanol–water partition coefficient (Wildman–Crippen LogP) is 6.68. The zero-order valence-electron chi connectivity index (χ0n) is 35.8. The first-order chi connectivity index (χ1) is 27.9. The summed E-state index contributed by atoms with van der Waals surface area (Å²) < 4.78 is 52.5. The highest BCUT2D eigenvalue weighted by atomic mass is 16.6. The molecule has 3 aliphatic rings. The Kier molecular flexibility index (Phi) is 18.0. The zero-order chi connectivity index (χ0) is 41.4. The first kappa shape index (κ1) is 45.7. The lowest BCUT2D eigenvalue weighted by molar-refractivity contribution is -0.160. The minimum Gasteiger partial charge on any atom is -0.488 e. The lowest BCUT2D eigenvalue weighted by Gasteiger charge is -2.39. The highest BCUT2D eigenvalue weighted by molar-refractivity contribution is 6.20. The van der Waals surface area contributed by atoms with Gasteiger partial charge in [-0.2, -0.15) is 0 Å². The number of piperidine rings is 1. The fraction of sp³-hybridized carbons (Fsp3) is 0.652. The molecule has 0 bridgehead atoms. The van der Waals surface area contributed by atoms with E-state index in [9.17, 15) is 9.59 Å². The van der Waals surface area contributed by atoms with Gasteiger partial charge in [0.05, 0.1) is 71.7 Å². The number of ether oxygens (including phenoxy) is 9. The van der Waals surface area contributed by atoms with E-state index in [-0.39, 0.29) is 30.8 Å². The first-order valence-corrected chi connectivity index (χ1v) is 21.1. The third-order valence-corrected chi connectivity index (χ3v) is 10.6. The lowest BCUT2D eigenvalue weighted by atomic mass is 9.80. The van der Waals surface area contributed by atoms with E-state index in [2.05, 4.69) is 37.8 Å². The van der Waals surface area contributed by atoms with Gasteiger partial charge in [-0.1, -0.05) is 48.0 Å². The van der Waals surface area contributed by atoms with Crippen LogP contribution in [0, 0.1) is 20.8 Å². The monoisotopic (exact) mass is 809 g/mol. The van der Waals surface area contributed by atoms with E-state index in [1.807, 2.05) is 51.1 Å². The Morgan fingerprint density at radius 1 is 0.759 bits per heavy atom. The minimum absolute atomic E-state index is 0.0822. The average Bonchev–Trinajstić information content (AvgIpc) is 3.43. The van der Waals surface area contributed by atoms with Crippen molar-refractivity contribution in [2.75, 3.05) is 85.7 Å². The molecular weight excluding hydrogens is 743 g/mol. The van der Waals surface area contributed by atoms with Crippen LogP contribution in [0.25, 0.3) is 5.57 Å². The second-order valence-electron chi connectivity index (χ2n) is 16.6. The van der Waals surface area contributed by atoms with Crippen molar-refractivity contribution < 1.29 is 52.2 Å². The molecule has 0 amide bonds. The maximum absolute atomic E-state index is 13.7. The van der Waals surface area contributed by atoms with Gasteiger partial charge in [0.2, 0.25) is 0 Å². The number of esters is 2. The number of carbonyl (C=O) groups is 2. The Labute approximate surface area is 345 Å². The molecular formula is C46H67NO11. The molecule has 2 heterocycles. The van der Waals surface area contributed by atoms with Crippen molar-refractivity contribution in [3.63, 3.8) is 0 Å². The summed E-state index contributed by atoms with van der Waals surface area (Å²) in [5.74, 6) is 0.0109. The van der Waals surface area contributed by atoms with Gasteiger partial charge in [-0.05, 0) is 102 Å². The Bertz CT molecular complexity index is 1580. The van der Waals surface area contributed by atoms with E-state index in [1.165, 1.54) is 5.56 Å². The molecule has 2 aromatic rings. The van der Waals surface area contributed by atoms with E-state index in [1.54, 1.807) is 0 Å². The van der Waals surface area contributed by atoms with Gasteiger partial charge < -0.3 is 47.5 Å². The van der Waals surface area contributed by atoms with Crippen LogP contribution >= 0.6 is 0 Å². The van der Waals surface area contributed by atoms with Crippen molar-refractivity contribution in [1.29, 1.82) is 0 Å². The Hall–Kier alpha value is -3.36. The van der Waals surface area contributed by atoms with E-state index in [0.29, 0.717) is 90.2 Å². The summed E-state index contributed by atoms with van der Waals surface area (Å²) in [6.07, 6.45) is 5.34. The van der Waals surface area contributed by atoms with Gasteiger partial charge in [-0.25, -0.2) is 9.59 Å². The number of benzene rings is 2. The second kappa shape index (κ2) is 22.9. The predicted molar refractivity (Wildman–Crippen MR) is 220 cm³/mol. The molecule has 2 aromatic carbocycles. The lowest BCUT2D eigenvalue weighted by Crippen LogP contribution is -2.43. The van der Waals surface area contributed by atoms with Crippen molar-refractivity contribution >= 4 is 17.5 Å². The highest BCUT2D eigenvalue weighted by Crippen LogP contribution is 2.49. The first-order valence-electron chi connectivity index (χ1n) is 21.1. The van der Waals surface area contributed by atoms with Gasteiger partial charge in [0, 0.05) is 19.6 Å². The average molecular weight is 810 g/mol. The summed E-state index contributed by atoms with van der Waals surface area (Å²) in [7, 11) is 0. The number of rotatable bonds is 23. The number of nitrogens with zero attached hydrogens (tertiary/aromatic N) is 1. The molecule has 12 heteroatoms. The van der Waals surface area contributed by atoms with Crippen LogP contribution in [-0.2, 0) is 58.8 Å². The van der Waals surface area contributed by atoms with Crippen molar-refractivity contribution in [2.24, 2.45) is 0 Å². The molecule has 0 unspecified atom stereocenters. The molecule has 0 radical (unpaired) electrons. The van der Waals surface area contributed by atoms with Gasteiger partial charge in [0.15, 0.2) is 11.4 Å². The summed E-state index contributed by atoms with van der Waals surface area (Å²) >= 11 is 0. The molecule has 58 heavy (non-hydrogen) atoms. The summed E-state index contributed by atoms with van der Waals surface area (Å²) in [6, 6.07) is 14.4. The molecule has 0 aromatic heterocycles. The zero-order valence-corrected chi connectivity index (χ0v) is 35.8. The maximum atomic E-state index is 13.7. The van der Waals surface area contributed by atoms with Crippen LogP contribution in [0.5, 0.6) is 0 Å². The normalized spacial score (nSPS) is 20.5. The van der Waals surface area contributed by atoms with Crippen molar-refractivity contribution in [3.8, 4) is 0 Å². The number of carbonyl (C=O) groups excluding carboxylic acids is 2. The van der Waals surface area contributed by atoms with Crippen molar-refractivity contribution in [2.45, 2.75) is 110 Å². The van der Waals surface area contributed by atoms with Gasteiger partial charge >= 0.3 is 11.9 Å². The number of aryl methyl sites for hydroxylation is 3. The molecule has 12 nitrogen and oxygen atoms in total. The molecule has 1 aliphatic carbocycles. The van der Waals surface area contributed by atoms with Gasteiger partial charge in [0.1, 0.15) is 24.4 Å². The van der Waals surface area contributed by atoms with Gasteiger partial charge in [0.25, 0.3) is 0 Å². The van der Waals surface area contributed by atoms with Gasteiger partial charge in [-0.3, -0.25) is 0 Å². The molecule has 1 spiro atoms. The fourth-order valence-corrected chi connectivity index (χ4v) is 7.98. The van der Waals surface area contributed by atoms with Crippen LogP contribution in [0.15, 0.2) is 48.2 Å². The van der Waals surface area contributed by atoms with E-state index in [0.717, 1.165) is 67.6 Å². The standard InChI is InChI=1S/C46H67NO11/c1-34-30-35(2)41(36(3)31-34)42-43(55-32-37-10-8-7-9-11-37)46(58-44(42)49)16-12-38(13-17-46)56-39-14-18-47(19-15-39)20-21-50-22-23-51-24-25-52-26-27-53-28-29-54-33-40(48)57-45(4,5)6/h7-11,30-31,38-39H,12-29,32-33H2,1-6H3. The second-order valence-corrected chi connectivity index (χ2v) is 16.6. The van der Waals surface area contributed by atoms with Crippen LogP contribution < -0.4 is 0 Å². The third-order valence-electron chi connectivity index (χ3n) is 10.6. The minimum atomic E-state index is -0.771. The van der Waals surface area contributed by atoms with E-state index < -0.39 is 11.2 Å². The Balaban J connectivity index is 0.921. The van der Waals surface area contributed by atoms with Crippen LogP contribution in [0.1, 0.15) is 87.1 Å². The molecule has 2 fully saturated rings. The van der Waals surface area contributed by atoms with Crippen molar-refractivity contribution in [1.82, 2.24) is 4.90 Å². The summed E-state index contributed by atoms with van der Waals surface area (Å²) in [5, 5.41) is 0. The molecule has 2 aliphatic heterocycles.